The Balaban J connectivity index is 1.64. The Kier molecular flexibility index (Phi) is 8.40. The molecule has 0 spiro atoms. The Labute approximate surface area is 188 Å². The maximum atomic E-state index is 12.8. The monoisotopic (exact) mass is 432 g/mol. The Morgan fingerprint density at radius 3 is 2.00 bits per heavy atom. The van der Waals surface area contributed by atoms with Gasteiger partial charge in [0.05, 0.1) is 19.3 Å². The molecule has 32 heavy (non-hydrogen) atoms. The lowest BCUT2D eigenvalue weighted by atomic mass is 10.0. The third-order valence-electron chi connectivity index (χ3n) is 5.03. The molecule has 0 aliphatic heterocycles. The first kappa shape index (κ1) is 23.0. The minimum atomic E-state index is -0.373. The van der Waals surface area contributed by atoms with E-state index in [-0.39, 0.29) is 31.1 Å². The van der Waals surface area contributed by atoms with Crippen molar-refractivity contribution in [2.75, 3.05) is 32.1 Å². The zero-order valence-corrected chi connectivity index (χ0v) is 18.4. The number of carbonyl (C=O) groups excluding carboxylic acids is 2. The van der Waals surface area contributed by atoms with Crippen LogP contribution in [0.1, 0.15) is 24.2 Å². The summed E-state index contributed by atoms with van der Waals surface area (Å²) in [6.07, 6.45) is -0.373. The summed E-state index contributed by atoms with van der Waals surface area (Å²) in [7, 11) is 1.54. The van der Waals surface area contributed by atoms with Gasteiger partial charge in [0.25, 0.3) is 0 Å². The molecule has 0 unspecified atom stereocenters. The van der Waals surface area contributed by atoms with Gasteiger partial charge < -0.3 is 19.7 Å². The predicted molar refractivity (Wildman–Crippen MR) is 125 cm³/mol. The average Bonchev–Trinajstić information content (AvgIpc) is 2.84. The number of ether oxygens (including phenoxy) is 2. The first-order chi connectivity index (χ1) is 15.6. The Hall–Kier alpha value is -3.64. The van der Waals surface area contributed by atoms with Crippen LogP contribution in [0.4, 0.5) is 5.69 Å². The maximum absolute atomic E-state index is 12.8. The van der Waals surface area contributed by atoms with Gasteiger partial charge in [-0.05, 0) is 30.2 Å². The Morgan fingerprint density at radius 1 is 0.875 bits per heavy atom. The van der Waals surface area contributed by atoms with Crippen LogP contribution in [0.15, 0.2) is 84.9 Å². The van der Waals surface area contributed by atoms with Crippen LogP contribution in [0.25, 0.3) is 0 Å². The number of hydrogen-bond donors (Lipinski definition) is 1. The number of carbonyl (C=O) groups is 2. The second kappa shape index (κ2) is 11.7. The molecule has 0 bridgehead atoms. The first-order valence-electron chi connectivity index (χ1n) is 10.5. The Bertz CT molecular complexity index is 969. The number of nitrogens with one attached hydrogen (secondary N) is 1. The molecule has 0 aliphatic carbocycles. The van der Waals surface area contributed by atoms with Gasteiger partial charge in [-0.2, -0.15) is 0 Å². The van der Waals surface area contributed by atoms with Gasteiger partial charge in [-0.25, -0.2) is 0 Å². The number of hydrogen-bond acceptors (Lipinski definition) is 4. The van der Waals surface area contributed by atoms with E-state index in [1.807, 2.05) is 79.7 Å². The molecule has 0 fully saturated rings. The van der Waals surface area contributed by atoms with E-state index < -0.39 is 0 Å². The maximum Gasteiger partial charge on any atom is 0.249 e. The van der Waals surface area contributed by atoms with E-state index in [1.165, 1.54) is 4.90 Å². The molecule has 6 heteroatoms. The van der Waals surface area contributed by atoms with Gasteiger partial charge in [0.1, 0.15) is 18.5 Å². The topological polar surface area (TPSA) is 67.9 Å². The summed E-state index contributed by atoms with van der Waals surface area (Å²) in [4.78, 5) is 26.9. The van der Waals surface area contributed by atoms with Crippen LogP contribution in [0.5, 0.6) is 5.75 Å². The lowest BCUT2D eigenvalue weighted by molar-refractivity contribution is -0.139. The highest BCUT2D eigenvalue weighted by molar-refractivity contribution is 5.95. The van der Waals surface area contributed by atoms with Crippen molar-refractivity contribution in [3.63, 3.8) is 0 Å². The molecule has 6 nitrogen and oxygen atoms in total. The average molecular weight is 433 g/mol. The lowest BCUT2D eigenvalue weighted by Crippen LogP contribution is -2.40. The van der Waals surface area contributed by atoms with Crippen molar-refractivity contribution in [2.24, 2.45) is 0 Å². The number of amides is 2. The molecular formula is C26H28N2O4. The summed E-state index contributed by atoms with van der Waals surface area (Å²) < 4.78 is 11.3. The fourth-order valence-electron chi connectivity index (χ4n) is 3.37. The summed E-state index contributed by atoms with van der Waals surface area (Å²) in [5.41, 5.74) is 2.49. The van der Waals surface area contributed by atoms with E-state index in [2.05, 4.69) is 5.32 Å². The highest BCUT2D eigenvalue weighted by atomic mass is 16.5. The molecule has 3 aromatic carbocycles. The van der Waals surface area contributed by atoms with E-state index in [9.17, 15) is 9.59 Å². The normalized spacial score (nSPS) is 10.6. The molecule has 0 saturated carbocycles. The van der Waals surface area contributed by atoms with Crippen LogP contribution in [-0.4, -0.2) is 43.5 Å². The van der Waals surface area contributed by atoms with Gasteiger partial charge in [-0.3, -0.25) is 9.59 Å². The number of likely N-dealkylation sites (N-methyl/N-ethyl adjacent to an activating group) is 1. The molecule has 0 radical (unpaired) electrons. The van der Waals surface area contributed by atoms with Gasteiger partial charge >= 0.3 is 0 Å². The van der Waals surface area contributed by atoms with E-state index in [0.29, 0.717) is 18.0 Å². The molecule has 2 amide bonds. The van der Waals surface area contributed by atoms with Crippen molar-refractivity contribution in [3.8, 4) is 5.75 Å². The predicted octanol–water partition coefficient (Wildman–Crippen LogP) is 4.29. The lowest BCUT2D eigenvalue weighted by Gasteiger charge is -2.23. The quantitative estimate of drug-likeness (QED) is 0.519. The highest BCUT2D eigenvalue weighted by Gasteiger charge is 2.20. The molecular weight excluding hydrogens is 404 g/mol. The zero-order valence-electron chi connectivity index (χ0n) is 18.4. The van der Waals surface area contributed by atoms with E-state index in [0.717, 1.165) is 11.1 Å². The number of rotatable bonds is 10. The third kappa shape index (κ3) is 6.18. The number of benzene rings is 3. The second-order valence-electron chi connectivity index (χ2n) is 7.17. The summed E-state index contributed by atoms with van der Waals surface area (Å²) >= 11 is 0. The zero-order chi connectivity index (χ0) is 22.8. The summed E-state index contributed by atoms with van der Waals surface area (Å²) in [6.45, 7) is 2.02. The molecule has 0 heterocycles. The first-order valence-corrected chi connectivity index (χ1v) is 10.5. The number of nitrogens with zero attached hydrogens (tertiary/aromatic N) is 1. The molecule has 0 saturated heterocycles. The summed E-state index contributed by atoms with van der Waals surface area (Å²) in [5.74, 6) is 0.0130. The van der Waals surface area contributed by atoms with E-state index in [4.69, 9.17) is 9.47 Å². The molecule has 0 atom stereocenters. The van der Waals surface area contributed by atoms with Crippen molar-refractivity contribution in [1.29, 1.82) is 0 Å². The minimum absolute atomic E-state index is 0.0713. The number of para-hydroxylation sites is 2. The largest absolute Gasteiger partial charge is 0.495 e. The van der Waals surface area contributed by atoms with Crippen molar-refractivity contribution >= 4 is 17.5 Å². The standard InChI is InChI=1S/C26H28N2O4/c1-3-28(18-24(29)27-22-16-10-11-17-23(22)31-2)25(30)19-32-26(20-12-6-4-7-13-20)21-14-8-5-9-15-21/h4-17,26H,3,18-19H2,1-2H3,(H,27,29). The molecule has 166 valence electrons. The van der Waals surface area contributed by atoms with Crippen LogP contribution >= 0.6 is 0 Å². The molecule has 3 rings (SSSR count). The van der Waals surface area contributed by atoms with Crippen LogP contribution in [0, 0.1) is 0 Å². The van der Waals surface area contributed by atoms with Crippen molar-refractivity contribution in [1.82, 2.24) is 4.90 Å². The molecule has 1 N–H and O–H groups in total. The van der Waals surface area contributed by atoms with Crippen LogP contribution in [0.2, 0.25) is 0 Å². The second-order valence-corrected chi connectivity index (χ2v) is 7.17. The van der Waals surface area contributed by atoms with Crippen LogP contribution < -0.4 is 10.1 Å². The van der Waals surface area contributed by atoms with E-state index in [1.54, 1.807) is 19.2 Å². The third-order valence-corrected chi connectivity index (χ3v) is 5.03. The highest BCUT2D eigenvalue weighted by Crippen LogP contribution is 2.26. The molecule has 0 aliphatic rings. The van der Waals surface area contributed by atoms with Gasteiger partial charge in [0, 0.05) is 6.54 Å². The van der Waals surface area contributed by atoms with Crippen molar-refractivity contribution < 1.29 is 19.1 Å². The van der Waals surface area contributed by atoms with E-state index >= 15 is 0 Å². The van der Waals surface area contributed by atoms with Gasteiger partial charge in [0.2, 0.25) is 11.8 Å². The van der Waals surface area contributed by atoms with Crippen LogP contribution in [0.3, 0.4) is 0 Å². The molecule has 0 aromatic heterocycles. The van der Waals surface area contributed by atoms with Crippen LogP contribution in [-0.2, 0) is 14.3 Å². The SMILES string of the molecule is CCN(CC(=O)Nc1ccccc1OC)C(=O)COC(c1ccccc1)c1ccccc1. The fraction of sp³-hybridized carbons (Fsp3) is 0.231. The van der Waals surface area contributed by atoms with Gasteiger partial charge in [-0.1, -0.05) is 72.8 Å². The summed E-state index contributed by atoms with van der Waals surface area (Å²) in [5, 5.41) is 2.80. The fourth-order valence-corrected chi connectivity index (χ4v) is 3.37. The molecule has 3 aromatic rings. The number of anilines is 1. The smallest absolute Gasteiger partial charge is 0.249 e. The van der Waals surface area contributed by atoms with Gasteiger partial charge in [0.15, 0.2) is 0 Å². The minimum Gasteiger partial charge on any atom is -0.495 e. The number of methoxy groups -OCH3 is 1. The Morgan fingerprint density at radius 2 is 1.44 bits per heavy atom. The van der Waals surface area contributed by atoms with Crippen molar-refractivity contribution in [3.05, 3.63) is 96.1 Å². The summed E-state index contributed by atoms with van der Waals surface area (Å²) in [6, 6.07) is 26.7. The van der Waals surface area contributed by atoms with Gasteiger partial charge in [-0.15, -0.1) is 0 Å². The van der Waals surface area contributed by atoms with Crippen molar-refractivity contribution in [2.45, 2.75) is 13.0 Å².